The summed E-state index contributed by atoms with van der Waals surface area (Å²) in [6, 6.07) is 6.94. The van der Waals surface area contributed by atoms with Crippen molar-refractivity contribution in [1.29, 1.82) is 0 Å². The molecule has 1 aromatic heterocycles. The molecule has 120 valence electrons. The van der Waals surface area contributed by atoms with Gasteiger partial charge < -0.3 is 20.6 Å². The van der Waals surface area contributed by atoms with Crippen LogP contribution in [-0.4, -0.2) is 24.1 Å². The van der Waals surface area contributed by atoms with Gasteiger partial charge in [-0.3, -0.25) is 4.79 Å². The highest BCUT2D eigenvalue weighted by atomic mass is 32.1. The van der Waals surface area contributed by atoms with Gasteiger partial charge in [0.25, 0.3) is 5.91 Å². The van der Waals surface area contributed by atoms with Gasteiger partial charge in [0, 0.05) is 6.42 Å². The molecule has 3 heterocycles. The lowest BCUT2D eigenvalue weighted by atomic mass is 10.0. The first-order chi connectivity index (χ1) is 11.2. The molecule has 2 aromatic rings. The van der Waals surface area contributed by atoms with Crippen molar-refractivity contribution >= 4 is 22.2 Å². The predicted octanol–water partition coefficient (Wildman–Crippen LogP) is 1.27. The molecule has 0 spiro atoms. The summed E-state index contributed by atoms with van der Waals surface area (Å²) >= 11 is 1.72. The van der Waals surface area contributed by atoms with Gasteiger partial charge in [0.15, 0.2) is 0 Å². The van der Waals surface area contributed by atoms with E-state index in [0.29, 0.717) is 0 Å². The van der Waals surface area contributed by atoms with Crippen molar-refractivity contribution in [3.63, 3.8) is 0 Å². The van der Waals surface area contributed by atoms with Crippen LogP contribution >= 0.6 is 11.3 Å². The number of benzene rings is 1. The Kier molecular flexibility index (Phi) is 3.50. The number of carbonyl (C=O) groups excluding carboxylic acids is 1. The predicted molar refractivity (Wildman–Crippen MR) is 90.0 cm³/mol. The summed E-state index contributed by atoms with van der Waals surface area (Å²) in [4.78, 5) is 15.5. The fourth-order valence-corrected chi connectivity index (χ4v) is 4.73. The maximum absolute atomic E-state index is 12.6. The third kappa shape index (κ3) is 2.48. The second kappa shape index (κ2) is 5.54. The molecule has 2 aliphatic heterocycles. The molecule has 23 heavy (non-hydrogen) atoms. The van der Waals surface area contributed by atoms with Gasteiger partial charge in [0.05, 0.1) is 23.5 Å². The molecule has 0 fully saturated rings. The normalized spacial score (nSPS) is 22.7. The van der Waals surface area contributed by atoms with E-state index >= 15 is 0 Å². The summed E-state index contributed by atoms with van der Waals surface area (Å²) in [6.45, 7) is 5.45. The van der Waals surface area contributed by atoms with Gasteiger partial charge in [0.1, 0.15) is 23.5 Å². The molecule has 0 saturated heterocycles. The number of hydrogen-bond acceptors (Lipinski definition) is 4. The Hall–Kier alpha value is -2.05. The minimum absolute atomic E-state index is 0.00859. The van der Waals surface area contributed by atoms with E-state index in [9.17, 15) is 9.90 Å². The highest BCUT2D eigenvalue weighted by Crippen LogP contribution is 2.39. The van der Waals surface area contributed by atoms with Gasteiger partial charge >= 0.3 is 0 Å². The van der Waals surface area contributed by atoms with E-state index < -0.39 is 0 Å². The summed E-state index contributed by atoms with van der Waals surface area (Å²) in [5.41, 5.74) is 3.01. The van der Waals surface area contributed by atoms with Crippen molar-refractivity contribution in [2.45, 2.75) is 26.1 Å². The van der Waals surface area contributed by atoms with Crippen molar-refractivity contribution in [3.8, 4) is 5.75 Å². The van der Waals surface area contributed by atoms with Gasteiger partial charge in [-0.05, 0) is 30.2 Å². The molecule has 2 atom stereocenters. The number of quaternary nitrogens is 1. The van der Waals surface area contributed by atoms with Crippen LogP contribution in [0.25, 0.3) is 0 Å². The van der Waals surface area contributed by atoms with Gasteiger partial charge in [0.2, 0.25) is 0 Å². The van der Waals surface area contributed by atoms with Crippen molar-refractivity contribution in [2.24, 2.45) is 0 Å². The standard InChI is InChI=1S/C17H19N3O2S/c1-2-20-8-7-12-13(9-20)23-17-14(12)16(22)18-15(19-17)10-3-5-11(21)6-4-10/h3-6,15,19,21H,2,7-9H2,1H3,(H,18,22)/p+1/t15-/m0/s1. The average molecular weight is 330 g/mol. The van der Waals surface area contributed by atoms with E-state index in [1.54, 1.807) is 28.4 Å². The number of hydrogen-bond donors (Lipinski definition) is 4. The van der Waals surface area contributed by atoms with Crippen LogP contribution in [0.2, 0.25) is 0 Å². The van der Waals surface area contributed by atoms with Crippen LogP contribution in [0, 0.1) is 0 Å². The lowest BCUT2D eigenvalue weighted by Crippen LogP contribution is -3.11. The number of likely N-dealkylation sites (N-methyl/N-ethyl adjacent to an activating group) is 1. The smallest absolute Gasteiger partial charge is 0.256 e. The number of rotatable bonds is 2. The topological polar surface area (TPSA) is 65.8 Å². The van der Waals surface area contributed by atoms with Crippen molar-refractivity contribution in [1.82, 2.24) is 5.32 Å². The van der Waals surface area contributed by atoms with E-state index in [4.69, 9.17) is 0 Å². The van der Waals surface area contributed by atoms with E-state index in [-0.39, 0.29) is 17.8 Å². The quantitative estimate of drug-likeness (QED) is 0.670. The highest BCUT2D eigenvalue weighted by molar-refractivity contribution is 7.16. The Bertz CT molecular complexity index is 754. The van der Waals surface area contributed by atoms with Crippen molar-refractivity contribution < 1.29 is 14.8 Å². The first kappa shape index (κ1) is 14.5. The Morgan fingerprint density at radius 3 is 2.83 bits per heavy atom. The molecule has 0 bridgehead atoms. The number of carbonyl (C=O) groups is 1. The monoisotopic (exact) mass is 330 g/mol. The molecule has 1 unspecified atom stereocenters. The molecule has 1 aromatic carbocycles. The van der Waals surface area contributed by atoms with Crippen LogP contribution in [0.3, 0.4) is 0 Å². The van der Waals surface area contributed by atoms with Crippen molar-refractivity contribution in [3.05, 3.63) is 45.8 Å². The maximum Gasteiger partial charge on any atom is 0.256 e. The number of phenols is 1. The summed E-state index contributed by atoms with van der Waals surface area (Å²) < 4.78 is 0. The zero-order valence-electron chi connectivity index (χ0n) is 13.0. The number of amides is 1. The number of fused-ring (bicyclic) bond motifs is 3. The van der Waals surface area contributed by atoms with Crippen LogP contribution in [0.5, 0.6) is 5.75 Å². The van der Waals surface area contributed by atoms with E-state index in [0.717, 1.165) is 42.2 Å². The average Bonchev–Trinajstić information content (AvgIpc) is 2.93. The summed E-state index contributed by atoms with van der Waals surface area (Å²) in [5.74, 6) is 0.236. The SMILES string of the molecule is CC[NH+]1CCc2c(sc3c2C(=O)N[C@H](c2ccc(O)cc2)N3)C1. The minimum atomic E-state index is -0.245. The Labute approximate surface area is 138 Å². The molecule has 4 rings (SSSR count). The molecule has 6 heteroatoms. The van der Waals surface area contributed by atoms with Gasteiger partial charge in [-0.1, -0.05) is 12.1 Å². The second-order valence-corrected chi connectivity index (χ2v) is 7.24. The zero-order valence-corrected chi connectivity index (χ0v) is 13.8. The molecule has 0 aliphatic carbocycles. The minimum Gasteiger partial charge on any atom is -0.508 e. The van der Waals surface area contributed by atoms with E-state index in [1.807, 2.05) is 12.1 Å². The number of phenolic OH excluding ortho intramolecular Hbond substituents is 1. The van der Waals surface area contributed by atoms with E-state index in [2.05, 4.69) is 17.6 Å². The second-order valence-electron chi connectivity index (χ2n) is 6.13. The molecule has 2 aliphatic rings. The summed E-state index contributed by atoms with van der Waals surface area (Å²) in [6.07, 6.45) is 0.730. The molecule has 1 amide bonds. The van der Waals surface area contributed by atoms with Crippen molar-refractivity contribution in [2.75, 3.05) is 18.4 Å². The lowest BCUT2D eigenvalue weighted by Gasteiger charge is -2.27. The first-order valence-corrected chi connectivity index (χ1v) is 8.81. The number of thiophene rings is 1. The highest BCUT2D eigenvalue weighted by Gasteiger charge is 2.34. The molecular weight excluding hydrogens is 310 g/mol. The number of nitrogens with one attached hydrogen (secondary N) is 3. The molecule has 5 nitrogen and oxygen atoms in total. The fourth-order valence-electron chi connectivity index (χ4n) is 3.38. The first-order valence-electron chi connectivity index (χ1n) is 8.00. The summed E-state index contributed by atoms with van der Waals surface area (Å²) in [7, 11) is 0. The third-order valence-corrected chi connectivity index (χ3v) is 5.90. The molecule has 4 N–H and O–H groups in total. The lowest BCUT2D eigenvalue weighted by molar-refractivity contribution is -0.913. The maximum atomic E-state index is 12.6. The number of anilines is 1. The van der Waals surface area contributed by atoms with Crippen LogP contribution in [-0.2, 0) is 13.0 Å². The van der Waals surface area contributed by atoms with Crippen LogP contribution in [0.1, 0.15) is 39.5 Å². The van der Waals surface area contributed by atoms with Crippen LogP contribution < -0.4 is 15.5 Å². The third-order valence-electron chi connectivity index (χ3n) is 4.73. The Morgan fingerprint density at radius 2 is 2.09 bits per heavy atom. The Morgan fingerprint density at radius 1 is 1.30 bits per heavy atom. The van der Waals surface area contributed by atoms with Gasteiger partial charge in [-0.15, -0.1) is 11.3 Å². The zero-order chi connectivity index (χ0) is 16.0. The summed E-state index contributed by atoms with van der Waals surface area (Å²) in [5, 5.41) is 16.9. The van der Waals surface area contributed by atoms with Crippen LogP contribution in [0.4, 0.5) is 5.00 Å². The molecular formula is C17H20N3O2S+. The van der Waals surface area contributed by atoms with Gasteiger partial charge in [-0.2, -0.15) is 0 Å². The van der Waals surface area contributed by atoms with Gasteiger partial charge in [-0.25, -0.2) is 0 Å². The molecule has 0 radical (unpaired) electrons. The largest absolute Gasteiger partial charge is 0.508 e. The van der Waals surface area contributed by atoms with E-state index in [1.165, 1.54) is 10.4 Å². The Balaban J connectivity index is 1.66. The molecule has 0 saturated carbocycles. The fraction of sp³-hybridized carbons (Fsp3) is 0.353. The van der Waals surface area contributed by atoms with Crippen LogP contribution in [0.15, 0.2) is 24.3 Å². The number of aromatic hydroxyl groups is 1.